The lowest BCUT2D eigenvalue weighted by Crippen LogP contribution is -2.22. The lowest BCUT2D eigenvalue weighted by Gasteiger charge is -2.19. The zero-order valence-corrected chi connectivity index (χ0v) is 10.9. The molecule has 0 saturated heterocycles. The van der Waals surface area contributed by atoms with E-state index < -0.39 is 0 Å². The first-order valence-electron chi connectivity index (χ1n) is 5.20. The molecule has 0 atom stereocenters. The van der Waals surface area contributed by atoms with Gasteiger partial charge in [-0.1, -0.05) is 12.1 Å². The van der Waals surface area contributed by atoms with E-state index in [-0.39, 0.29) is 12.4 Å². The molecule has 0 aliphatic heterocycles. The third-order valence-corrected chi connectivity index (χ3v) is 3.19. The Kier molecular flexibility index (Phi) is 3.59. The van der Waals surface area contributed by atoms with Crippen molar-refractivity contribution in [1.82, 2.24) is 4.98 Å². The Balaban J connectivity index is 2.66. The summed E-state index contributed by atoms with van der Waals surface area (Å²) in [6, 6.07) is 4.89. The first kappa shape index (κ1) is 12.3. The van der Waals surface area contributed by atoms with Crippen LogP contribution in [0.4, 0.5) is 10.2 Å². The number of aromatic nitrogens is 1. The smallest absolute Gasteiger partial charge is 0.136 e. The summed E-state index contributed by atoms with van der Waals surface area (Å²) >= 11 is 3.30. The molecule has 17 heavy (non-hydrogen) atoms. The van der Waals surface area contributed by atoms with Crippen molar-refractivity contribution in [3.63, 3.8) is 0 Å². The molecule has 0 aliphatic rings. The molecule has 0 aliphatic carbocycles. The van der Waals surface area contributed by atoms with Crippen molar-refractivity contribution in [3.8, 4) is 0 Å². The van der Waals surface area contributed by atoms with Crippen molar-refractivity contribution in [1.29, 1.82) is 0 Å². The first-order chi connectivity index (χ1) is 8.15. The van der Waals surface area contributed by atoms with Crippen molar-refractivity contribution >= 4 is 32.5 Å². The molecule has 90 valence electrons. The van der Waals surface area contributed by atoms with Crippen molar-refractivity contribution in [2.75, 3.05) is 25.1 Å². The largest absolute Gasteiger partial charge is 0.395 e. The molecule has 3 nitrogen and oxygen atoms in total. The van der Waals surface area contributed by atoms with E-state index in [0.29, 0.717) is 22.2 Å². The highest BCUT2D eigenvalue weighted by molar-refractivity contribution is 9.10. The molecular formula is C12H12BrFN2O. The van der Waals surface area contributed by atoms with E-state index in [0.717, 1.165) is 5.39 Å². The van der Waals surface area contributed by atoms with Crippen LogP contribution in [0.5, 0.6) is 0 Å². The molecule has 0 saturated carbocycles. The van der Waals surface area contributed by atoms with Crippen LogP contribution in [0.3, 0.4) is 0 Å². The molecule has 0 amide bonds. The second-order valence-corrected chi connectivity index (χ2v) is 4.59. The maximum atomic E-state index is 13.8. The van der Waals surface area contributed by atoms with Crippen LogP contribution in [-0.2, 0) is 0 Å². The minimum Gasteiger partial charge on any atom is -0.395 e. The van der Waals surface area contributed by atoms with E-state index >= 15 is 0 Å². The van der Waals surface area contributed by atoms with Crippen LogP contribution in [0.15, 0.2) is 28.9 Å². The summed E-state index contributed by atoms with van der Waals surface area (Å²) in [5.41, 5.74) is 0. The lowest BCUT2D eigenvalue weighted by atomic mass is 10.1. The molecule has 1 aromatic carbocycles. The van der Waals surface area contributed by atoms with Crippen molar-refractivity contribution < 1.29 is 9.50 Å². The molecule has 1 N–H and O–H groups in total. The van der Waals surface area contributed by atoms with Gasteiger partial charge in [0.15, 0.2) is 0 Å². The molecule has 0 radical (unpaired) electrons. The maximum absolute atomic E-state index is 13.8. The Morgan fingerprint density at radius 1 is 1.47 bits per heavy atom. The van der Waals surface area contributed by atoms with Crippen LogP contribution < -0.4 is 4.90 Å². The van der Waals surface area contributed by atoms with Crippen molar-refractivity contribution in [3.05, 3.63) is 34.7 Å². The van der Waals surface area contributed by atoms with Gasteiger partial charge >= 0.3 is 0 Å². The summed E-state index contributed by atoms with van der Waals surface area (Å²) in [7, 11) is 1.82. The molecule has 0 fully saturated rings. The zero-order valence-electron chi connectivity index (χ0n) is 9.32. The lowest BCUT2D eigenvalue weighted by molar-refractivity contribution is 0.304. The van der Waals surface area contributed by atoms with E-state index in [2.05, 4.69) is 20.9 Å². The normalized spacial score (nSPS) is 10.8. The quantitative estimate of drug-likeness (QED) is 0.946. The highest BCUT2D eigenvalue weighted by atomic mass is 79.9. The van der Waals surface area contributed by atoms with Crippen LogP contribution >= 0.6 is 15.9 Å². The second-order valence-electron chi connectivity index (χ2n) is 3.74. The Morgan fingerprint density at radius 2 is 2.24 bits per heavy atom. The van der Waals surface area contributed by atoms with Gasteiger partial charge < -0.3 is 10.0 Å². The molecule has 1 aromatic heterocycles. The molecular weight excluding hydrogens is 287 g/mol. The third-order valence-electron chi connectivity index (χ3n) is 2.59. The standard InChI is InChI=1S/C12H12BrFN2O/c1-16(5-6-17)12-8-3-2-4-10(14)11(8)9(13)7-15-12/h2-4,7,17H,5-6H2,1H3. The van der Waals surface area contributed by atoms with Gasteiger partial charge in [-0.15, -0.1) is 0 Å². The Hall–Kier alpha value is -1.20. The summed E-state index contributed by atoms with van der Waals surface area (Å²) in [5, 5.41) is 10.2. The molecule has 1 heterocycles. The minimum absolute atomic E-state index is 0.0328. The summed E-state index contributed by atoms with van der Waals surface area (Å²) in [5.74, 6) is 0.382. The van der Waals surface area contributed by atoms with Crippen LogP contribution in [0.25, 0.3) is 10.8 Å². The summed E-state index contributed by atoms with van der Waals surface area (Å²) in [6.45, 7) is 0.491. The number of aliphatic hydroxyl groups excluding tert-OH is 1. The van der Waals surface area contributed by atoms with E-state index in [1.165, 1.54) is 6.07 Å². The molecule has 2 rings (SSSR count). The van der Waals surface area contributed by atoms with Gasteiger partial charge in [0, 0.05) is 35.0 Å². The number of nitrogens with zero attached hydrogens (tertiary/aromatic N) is 2. The molecule has 0 unspecified atom stereocenters. The summed E-state index contributed by atoms with van der Waals surface area (Å²) in [4.78, 5) is 6.07. The first-order valence-corrected chi connectivity index (χ1v) is 5.99. The number of aliphatic hydroxyl groups is 1. The fourth-order valence-corrected chi connectivity index (χ4v) is 2.27. The number of hydrogen-bond acceptors (Lipinski definition) is 3. The third kappa shape index (κ3) is 2.25. The predicted molar refractivity (Wildman–Crippen MR) is 69.8 cm³/mol. The van der Waals surface area contributed by atoms with Gasteiger partial charge in [-0.25, -0.2) is 9.37 Å². The highest BCUT2D eigenvalue weighted by Crippen LogP contribution is 2.31. The molecule has 0 bridgehead atoms. The van der Waals surface area contributed by atoms with Crippen molar-refractivity contribution in [2.24, 2.45) is 0 Å². The molecule has 5 heteroatoms. The molecule has 0 spiro atoms. The Labute approximate surface area is 107 Å². The van der Waals surface area contributed by atoms with E-state index in [1.54, 1.807) is 17.2 Å². The van der Waals surface area contributed by atoms with E-state index in [9.17, 15) is 4.39 Å². The van der Waals surface area contributed by atoms with Gasteiger partial charge in [0.2, 0.25) is 0 Å². The maximum Gasteiger partial charge on any atom is 0.136 e. The minimum atomic E-state index is -0.282. The SMILES string of the molecule is CN(CCO)c1ncc(Br)c2c(F)cccc12. The van der Waals surface area contributed by atoms with Crippen LogP contribution in [0.2, 0.25) is 0 Å². The van der Waals surface area contributed by atoms with Gasteiger partial charge in [0.1, 0.15) is 11.6 Å². The second kappa shape index (κ2) is 4.98. The van der Waals surface area contributed by atoms with Gasteiger partial charge in [0.25, 0.3) is 0 Å². The van der Waals surface area contributed by atoms with Crippen molar-refractivity contribution in [2.45, 2.75) is 0 Å². The molecule has 2 aromatic rings. The number of anilines is 1. The van der Waals surface area contributed by atoms with Gasteiger partial charge in [-0.3, -0.25) is 0 Å². The van der Waals surface area contributed by atoms with Crippen LogP contribution in [-0.4, -0.2) is 30.3 Å². The average molecular weight is 299 g/mol. The van der Waals surface area contributed by atoms with E-state index in [4.69, 9.17) is 5.11 Å². The van der Waals surface area contributed by atoms with Crippen LogP contribution in [0.1, 0.15) is 0 Å². The number of likely N-dealkylation sites (N-methyl/N-ethyl adjacent to an activating group) is 1. The van der Waals surface area contributed by atoms with E-state index in [1.807, 2.05) is 13.1 Å². The monoisotopic (exact) mass is 298 g/mol. The number of rotatable bonds is 3. The number of halogens is 2. The van der Waals surface area contributed by atoms with Gasteiger partial charge in [-0.2, -0.15) is 0 Å². The number of hydrogen-bond donors (Lipinski definition) is 1. The van der Waals surface area contributed by atoms with Crippen LogP contribution in [0, 0.1) is 5.82 Å². The topological polar surface area (TPSA) is 36.4 Å². The highest BCUT2D eigenvalue weighted by Gasteiger charge is 2.12. The van der Waals surface area contributed by atoms with Gasteiger partial charge in [0.05, 0.1) is 6.61 Å². The Bertz CT molecular complexity index is 539. The number of benzene rings is 1. The van der Waals surface area contributed by atoms with Gasteiger partial charge in [-0.05, 0) is 22.0 Å². The fraction of sp³-hybridized carbons (Fsp3) is 0.250. The number of fused-ring (bicyclic) bond motifs is 1. The fourth-order valence-electron chi connectivity index (χ4n) is 1.77. The summed E-state index contributed by atoms with van der Waals surface area (Å²) < 4.78 is 14.4. The average Bonchev–Trinajstić information content (AvgIpc) is 2.29. The Morgan fingerprint density at radius 3 is 2.94 bits per heavy atom. The zero-order chi connectivity index (χ0) is 12.4. The predicted octanol–water partition coefficient (Wildman–Crippen LogP) is 2.56. The number of pyridine rings is 1. The summed E-state index contributed by atoms with van der Waals surface area (Å²) in [6.07, 6.45) is 1.58.